The van der Waals surface area contributed by atoms with Crippen LogP contribution in [-0.4, -0.2) is 14.3 Å². The number of nitrogens with one attached hydrogen (secondary N) is 2. The quantitative estimate of drug-likeness (QED) is 0.771. The fourth-order valence-electron chi connectivity index (χ4n) is 1.67. The van der Waals surface area contributed by atoms with Crippen molar-refractivity contribution < 1.29 is 13.2 Å². The van der Waals surface area contributed by atoms with Crippen LogP contribution in [0.4, 0.5) is 0 Å². The third-order valence-electron chi connectivity index (χ3n) is 2.86. The van der Waals surface area contributed by atoms with E-state index in [-0.39, 0.29) is 15.5 Å². The van der Waals surface area contributed by atoms with Crippen LogP contribution in [0.25, 0.3) is 0 Å². The minimum Gasteiger partial charge on any atom is -0.273 e. The molecule has 1 amide bonds. The molecule has 0 aliphatic heterocycles. The Morgan fingerprint density at radius 2 is 1.86 bits per heavy atom. The van der Waals surface area contributed by atoms with Crippen molar-refractivity contribution in [1.82, 2.24) is 10.3 Å². The van der Waals surface area contributed by atoms with Gasteiger partial charge in [-0.05, 0) is 42.8 Å². The first-order chi connectivity index (χ1) is 10.3. The Bertz CT molecular complexity index is 825. The lowest BCUT2D eigenvalue weighted by Crippen LogP contribution is -2.41. The van der Waals surface area contributed by atoms with Gasteiger partial charge < -0.3 is 0 Å². The van der Waals surface area contributed by atoms with Gasteiger partial charge >= 0.3 is 0 Å². The van der Waals surface area contributed by atoms with Crippen LogP contribution in [0.1, 0.15) is 15.9 Å². The third kappa shape index (κ3) is 3.86. The Kier molecular flexibility index (Phi) is 5.23. The fourth-order valence-corrected chi connectivity index (χ4v) is 3.06. The zero-order valence-corrected chi connectivity index (χ0v) is 14.6. The van der Waals surface area contributed by atoms with Crippen LogP contribution in [-0.2, 0) is 10.0 Å². The standard InChI is InChI=1S/C14H12BrClN2O3S/c1-9-8-10(6-7-12(9)15)22(20,21)18-17-14(19)11-4-2-3-5-13(11)16/h2-8,18H,1H3,(H,17,19). The van der Waals surface area contributed by atoms with Crippen LogP contribution < -0.4 is 10.3 Å². The molecule has 2 aromatic rings. The molecule has 0 atom stereocenters. The van der Waals surface area contributed by atoms with Gasteiger partial charge in [-0.15, -0.1) is 4.83 Å². The van der Waals surface area contributed by atoms with Crippen molar-refractivity contribution in [3.8, 4) is 0 Å². The first kappa shape index (κ1) is 17.0. The van der Waals surface area contributed by atoms with Gasteiger partial charge in [-0.1, -0.05) is 39.7 Å². The summed E-state index contributed by atoms with van der Waals surface area (Å²) in [5, 5.41) is 0.235. The number of hydrazine groups is 1. The zero-order chi connectivity index (χ0) is 16.3. The van der Waals surface area contributed by atoms with E-state index in [4.69, 9.17) is 11.6 Å². The largest absolute Gasteiger partial charge is 0.273 e. The van der Waals surface area contributed by atoms with Gasteiger partial charge in [0.25, 0.3) is 15.9 Å². The second kappa shape index (κ2) is 6.78. The summed E-state index contributed by atoms with van der Waals surface area (Å²) in [5.41, 5.74) is 3.08. The highest BCUT2D eigenvalue weighted by atomic mass is 79.9. The predicted molar refractivity (Wildman–Crippen MR) is 88.1 cm³/mol. The molecular weight excluding hydrogens is 392 g/mol. The maximum atomic E-state index is 12.1. The minimum absolute atomic E-state index is 0.0488. The lowest BCUT2D eigenvalue weighted by atomic mass is 10.2. The molecule has 5 nitrogen and oxygen atoms in total. The first-order valence-corrected chi connectivity index (χ1v) is 8.79. The number of carbonyl (C=O) groups excluding carboxylic acids is 1. The van der Waals surface area contributed by atoms with Crippen molar-refractivity contribution in [3.63, 3.8) is 0 Å². The van der Waals surface area contributed by atoms with Gasteiger partial charge in [-0.3, -0.25) is 10.2 Å². The van der Waals surface area contributed by atoms with E-state index in [9.17, 15) is 13.2 Å². The van der Waals surface area contributed by atoms with E-state index in [1.54, 1.807) is 31.2 Å². The Morgan fingerprint density at radius 3 is 2.50 bits per heavy atom. The second-order valence-corrected chi connectivity index (χ2v) is 7.39. The van der Waals surface area contributed by atoms with E-state index in [1.807, 2.05) is 4.83 Å². The molecular formula is C14H12BrClN2O3S. The van der Waals surface area contributed by atoms with Gasteiger partial charge in [0.1, 0.15) is 0 Å². The van der Waals surface area contributed by atoms with E-state index < -0.39 is 15.9 Å². The molecule has 0 aliphatic carbocycles. The predicted octanol–water partition coefficient (Wildman–Crippen LogP) is 3.03. The summed E-state index contributed by atoms with van der Waals surface area (Å²) in [6.45, 7) is 1.77. The Morgan fingerprint density at radius 1 is 1.18 bits per heavy atom. The second-order valence-electron chi connectivity index (χ2n) is 4.45. The van der Waals surface area contributed by atoms with Crippen molar-refractivity contribution >= 4 is 43.5 Å². The number of sulfonamides is 1. The molecule has 0 aromatic heterocycles. The Hall–Kier alpha value is -1.41. The smallest absolute Gasteiger partial charge is 0.267 e. The fraction of sp³-hybridized carbons (Fsp3) is 0.0714. The Labute approximate surface area is 141 Å². The van der Waals surface area contributed by atoms with Crippen molar-refractivity contribution in [1.29, 1.82) is 0 Å². The highest BCUT2D eigenvalue weighted by Gasteiger charge is 2.17. The van der Waals surface area contributed by atoms with Crippen LogP contribution in [0.15, 0.2) is 51.8 Å². The lowest BCUT2D eigenvalue weighted by Gasteiger charge is -2.10. The number of hydrogen-bond acceptors (Lipinski definition) is 3. The highest BCUT2D eigenvalue weighted by Crippen LogP contribution is 2.20. The van der Waals surface area contributed by atoms with Crippen LogP contribution >= 0.6 is 27.5 Å². The molecule has 0 spiro atoms. The van der Waals surface area contributed by atoms with Gasteiger partial charge in [0.2, 0.25) is 0 Å². The zero-order valence-electron chi connectivity index (χ0n) is 11.4. The normalized spacial score (nSPS) is 11.2. The number of rotatable bonds is 4. The number of aryl methyl sites for hydroxylation is 1. The van der Waals surface area contributed by atoms with Crippen LogP contribution in [0, 0.1) is 6.92 Å². The summed E-state index contributed by atoms with van der Waals surface area (Å²) in [6, 6.07) is 10.9. The molecule has 22 heavy (non-hydrogen) atoms. The summed E-state index contributed by atoms with van der Waals surface area (Å²) in [7, 11) is -3.86. The summed E-state index contributed by atoms with van der Waals surface area (Å²) in [6.07, 6.45) is 0. The number of carbonyl (C=O) groups is 1. The number of hydrogen-bond donors (Lipinski definition) is 2. The van der Waals surface area contributed by atoms with Crippen molar-refractivity contribution in [2.75, 3.05) is 0 Å². The van der Waals surface area contributed by atoms with Crippen LogP contribution in [0.3, 0.4) is 0 Å². The van der Waals surface area contributed by atoms with Gasteiger partial charge in [-0.2, -0.15) is 0 Å². The van der Waals surface area contributed by atoms with E-state index in [0.717, 1.165) is 10.0 Å². The van der Waals surface area contributed by atoms with Crippen LogP contribution in [0.5, 0.6) is 0 Å². The molecule has 0 unspecified atom stereocenters. The van der Waals surface area contributed by atoms with Crippen molar-refractivity contribution in [3.05, 3.63) is 63.1 Å². The maximum absolute atomic E-state index is 12.1. The SMILES string of the molecule is Cc1cc(S(=O)(=O)NNC(=O)c2ccccc2Cl)ccc1Br. The molecule has 0 saturated carbocycles. The number of halogens is 2. The van der Waals surface area contributed by atoms with Gasteiger partial charge in [0, 0.05) is 4.47 Å². The molecule has 0 bridgehead atoms. The molecule has 2 aromatic carbocycles. The highest BCUT2D eigenvalue weighted by molar-refractivity contribution is 9.10. The van der Waals surface area contributed by atoms with Crippen molar-refractivity contribution in [2.45, 2.75) is 11.8 Å². The van der Waals surface area contributed by atoms with Gasteiger partial charge in [-0.25, -0.2) is 8.42 Å². The van der Waals surface area contributed by atoms with E-state index in [1.165, 1.54) is 18.2 Å². The summed E-state index contributed by atoms with van der Waals surface area (Å²) >= 11 is 9.18. The monoisotopic (exact) mass is 402 g/mol. The van der Waals surface area contributed by atoms with E-state index >= 15 is 0 Å². The number of benzene rings is 2. The van der Waals surface area contributed by atoms with E-state index in [2.05, 4.69) is 21.4 Å². The molecule has 116 valence electrons. The Balaban J connectivity index is 2.14. The minimum atomic E-state index is -3.86. The van der Waals surface area contributed by atoms with Gasteiger partial charge in [0.05, 0.1) is 15.5 Å². The first-order valence-electron chi connectivity index (χ1n) is 6.14. The molecule has 2 rings (SSSR count). The average molecular weight is 404 g/mol. The molecule has 2 N–H and O–H groups in total. The molecule has 0 saturated heterocycles. The molecule has 0 radical (unpaired) electrons. The van der Waals surface area contributed by atoms with Crippen molar-refractivity contribution in [2.24, 2.45) is 0 Å². The lowest BCUT2D eigenvalue weighted by molar-refractivity contribution is 0.0945. The summed E-state index contributed by atoms with van der Waals surface area (Å²) in [5.74, 6) is -0.636. The van der Waals surface area contributed by atoms with E-state index in [0.29, 0.717) is 0 Å². The third-order valence-corrected chi connectivity index (χ3v) is 5.32. The topological polar surface area (TPSA) is 75.3 Å². The number of amides is 1. The molecule has 0 fully saturated rings. The van der Waals surface area contributed by atoms with Crippen LogP contribution in [0.2, 0.25) is 5.02 Å². The molecule has 0 aliphatic rings. The maximum Gasteiger partial charge on any atom is 0.267 e. The molecule has 0 heterocycles. The molecule has 8 heteroatoms. The summed E-state index contributed by atoms with van der Waals surface area (Å²) in [4.78, 5) is 14.0. The van der Waals surface area contributed by atoms with Gasteiger partial charge in [0.15, 0.2) is 0 Å². The summed E-state index contributed by atoms with van der Waals surface area (Å²) < 4.78 is 25.1. The average Bonchev–Trinajstić information content (AvgIpc) is 2.48.